The molecule has 8 heteroatoms. The number of aryl methyl sites for hydroxylation is 2. The summed E-state index contributed by atoms with van der Waals surface area (Å²) in [6.07, 6.45) is 2.44. The Labute approximate surface area is 181 Å². The lowest BCUT2D eigenvalue weighted by Gasteiger charge is -2.10. The van der Waals surface area contributed by atoms with Crippen molar-refractivity contribution in [2.45, 2.75) is 57.6 Å². The van der Waals surface area contributed by atoms with Gasteiger partial charge in [0.25, 0.3) is 0 Å². The van der Waals surface area contributed by atoms with Gasteiger partial charge in [0, 0.05) is 13.1 Å². The summed E-state index contributed by atoms with van der Waals surface area (Å²) in [4.78, 5) is 12.3. The molecule has 0 aliphatic rings. The van der Waals surface area contributed by atoms with Crippen molar-refractivity contribution in [2.75, 3.05) is 6.54 Å². The number of aromatic nitrogens is 1. The molecule has 1 heterocycles. The van der Waals surface area contributed by atoms with Crippen molar-refractivity contribution < 1.29 is 13.2 Å². The molecule has 0 fully saturated rings. The van der Waals surface area contributed by atoms with E-state index in [9.17, 15) is 13.2 Å². The van der Waals surface area contributed by atoms with Gasteiger partial charge in [-0.15, -0.1) is 0 Å². The second kappa shape index (κ2) is 9.76. The first-order chi connectivity index (χ1) is 14.3. The quantitative estimate of drug-likeness (QED) is 0.472. The highest BCUT2D eigenvalue weighted by Gasteiger charge is 2.16. The fourth-order valence-electron chi connectivity index (χ4n) is 3.24. The summed E-state index contributed by atoms with van der Waals surface area (Å²) in [5.74, 6) is 0.833. The monoisotopic (exact) mass is 448 g/mol. The Morgan fingerprint density at radius 3 is 2.53 bits per heavy atom. The summed E-state index contributed by atoms with van der Waals surface area (Å²) in [6, 6.07) is 12.7. The van der Waals surface area contributed by atoms with Crippen LogP contribution in [0.15, 0.2) is 52.2 Å². The molecule has 0 amide bonds. The third-order valence-corrected chi connectivity index (χ3v) is 7.03. The van der Waals surface area contributed by atoms with Gasteiger partial charge < -0.3 is 4.74 Å². The van der Waals surface area contributed by atoms with E-state index in [1.54, 1.807) is 22.8 Å². The molecule has 2 aromatic carbocycles. The molecule has 0 radical (unpaired) electrons. The van der Waals surface area contributed by atoms with Crippen LogP contribution in [-0.2, 0) is 23.0 Å². The maximum atomic E-state index is 12.6. The third kappa shape index (κ3) is 5.50. The summed E-state index contributed by atoms with van der Waals surface area (Å²) in [5, 5.41) is 0. The zero-order valence-corrected chi connectivity index (χ0v) is 19.2. The third-order valence-electron chi connectivity index (χ3n) is 4.63. The fourth-order valence-corrected chi connectivity index (χ4v) is 5.37. The molecule has 0 spiro atoms. The SMILES string of the molecule is CCCn1c(=O)sc2cc(S(=O)(=O)NCCCc3ccc(OC(C)C)cc3)ccc21. The van der Waals surface area contributed by atoms with Gasteiger partial charge in [-0.25, -0.2) is 13.1 Å². The normalized spacial score (nSPS) is 12.0. The van der Waals surface area contributed by atoms with E-state index in [1.807, 2.05) is 45.0 Å². The van der Waals surface area contributed by atoms with E-state index in [1.165, 1.54) is 0 Å². The van der Waals surface area contributed by atoms with Gasteiger partial charge in [0.05, 0.1) is 21.2 Å². The highest BCUT2D eigenvalue weighted by atomic mass is 32.2. The minimum atomic E-state index is -3.62. The van der Waals surface area contributed by atoms with Crippen molar-refractivity contribution in [3.8, 4) is 5.75 Å². The summed E-state index contributed by atoms with van der Waals surface area (Å²) in [5.41, 5.74) is 1.92. The molecule has 6 nitrogen and oxygen atoms in total. The molecule has 162 valence electrons. The summed E-state index contributed by atoms with van der Waals surface area (Å²) in [6.45, 7) is 6.95. The van der Waals surface area contributed by atoms with Crippen LogP contribution in [-0.4, -0.2) is 25.6 Å². The van der Waals surface area contributed by atoms with Crippen LogP contribution in [0.1, 0.15) is 39.2 Å². The van der Waals surface area contributed by atoms with E-state index in [4.69, 9.17) is 4.74 Å². The minimum Gasteiger partial charge on any atom is -0.491 e. The number of sulfonamides is 1. The topological polar surface area (TPSA) is 77.4 Å². The number of nitrogens with one attached hydrogen (secondary N) is 1. The smallest absolute Gasteiger partial charge is 0.308 e. The molecule has 0 aliphatic heterocycles. The van der Waals surface area contributed by atoms with Crippen LogP contribution in [0.25, 0.3) is 10.2 Å². The molecule has 1 aromatic heterocycles. The van der Waals surface area contributed by atoms with Crippen molar-refractivity contribution in [1.29, 1.82) is 0 Å². The van der Waals surface area contributed by atoms with Crippen LogP contribution in [0.2, 0.25) is 0 Å². The molecular weight excluding hydrogens is 420 g/mol. The Morgan fingerprint density at radius 1 is 1.13 bits per heavy atom. The van der Waals surface area contributed by atoms with Crippen LogP contribution in [0, 0.1) is 0 Å². The molecule has 0 unspecified atom stereocenters. The second-order valence-electron chi connectivity index (χ2n) is 7.46. The maximum absolute atomic E-state index is 12.6. The summed E-state index contributed by atoms with van der Waals surface area (Å²) in [7, 11) is -3.62. The number of ether oxygens (including phenoxy) is 1. The lowest BCUT2D eigenvalue weighted by molar-refractivity contribution is 0.242. The lowest BCUT2D eigenvalue weighted by atomic mass is 10.1. The van der Waals surface area contributed by atoms with Crippen LogP contribution in [0.4, 0.5) is 0 Å². The number of thiazole rings is 1. The van der Waals surface area contributed by atoms with Gasteiger partial charge in [0.15, 0.2) is 0 Å². The Bertz CT molecular complexity index is 1150. The van der Waals surface area contributed by atoms with Gasteiger partial charge in [0.1, 0.15) is 5.75 Å². The van der Waals surface area contributed by atoms with Crippen LogP contribution in [0.5, 0.6) is 5.75 Å². The number of fused-ring (bicyclic) bond motifs is 1. The zero-order chi connectivity index (χ0) is 21.7. The van der Waals surface area contributed by atoms with E-state index < -0.39 is 10.0 Å². The molecule has 0 saturated heterocycles. The predicted octanol–water partition coefficient (Wildman–Crippen LogP) is 4.17. The van der Waals surface area contributed by atoms with Crippen molar-refractivity contribution in [1.82, 2.24) is 9.29 Å². The molecular formula is C22H28N2O4S2. The molecule has 1 N–H and O–H groups in total. The maximum Gasteiger partial charge on any atom is 0.308 e. The molecule has 0 bridgehead atoms. The lowest BCUT2D eigenvalue weighted by Crippen LogP contribution is -2.25. The van der Waals surface area contributed by atoms with Crippen molar-refractivity contribution in [2.24, 2.45) is 0 Å². The average molecular weight is 449 g/mol. The van der Waals surface area contributed by atoms with E-state index >= 15 is 0 Å². The van der Waals surface area contributed by atoms with E-state index in [0.29, 0.717) is 24.2 Å². The van der Waals surface area contributed by atoms with E-state index in [-0.39, 0.29) is 15.9 Å². The van der Waals surface area contributed by atoms with E-state index in [2.05, 4.69) is 4.72 Å². The Kier molecular flexibility index (Phi) is 7.33. The molecule has 3 aromatic rings. The van der Waals surface area contributed by atoms with Gasteiger partial charge in [-0.1, -0.05) is 30.4 Å². The number of hydrogen-bond donors (Lipinski definition) is 1. The van der Waals surface area contributed by atoms with Crippen molar-refractivity contribution >= 4 is 31.6 Å². The summed E-state index contributed by atoms with van der Waals surface area (Å²) >= 11 is 1.08. The van der Waals surface area contributed by atoms with Crippen LogP contribution < -0.4 is 14.3 Å². The first-order valence-corrected chi connectivity index (χ1v) is 12.5. The van der Waals surface area contributed by atoms with E-state index in [0.717, 1.165) is 41.0 Å². The number of rotatable bonds is 10. The molecule has 0 atom stereocenters. The Hall–Kier alpha value is -2.16. The van der Waals surface area contributed by atoms with Crippen LogP contribution >= 0.6 is 11.3 Å². The number of nitrogens with zero attached hydrogens (tertiary/aromatic N) is 1. The highest BCUT2D eigenvalue weighted by molar-refractivity contribution is 7.89. The van der Waals surface area contributed by atoms with Crippen molar-refractivity contribution in [3.05, 3.63) is 57.7 Å². The Balaban J connectivity index is 1.59. The standard InChI is InChI=1S/C22H28N2O4S2/c1-4-14-24-20-12-11-19(15-21(20)29-22(24)25)30(26,27)23-13-5-6-17-7-9-18(10-8-17)28-16(2)3/h7-12,15-16,23H,4-6,13-14H2,1-3H3. The largest absolute Gasteiger partial charge is 0.491 e. The van der Waals surface area contributed by atoms with Gasteiger partial charge >= 0.3 is 4.87 Å². The number of hydrogen-bond acceptors (Lipinski definition) is 5. The Morgan fingerprint density at radius 2 is 1.87 bits per heavy atom. The predicted molar refractivity (Wildman–Crippen MR) is 122 cm³/mol. The molecule has 0 saturated carbocycles. The van der Waals surface area contributed by atoms with Gasteiger partial charge in [0.2, 0.25) is 10.0 Å². The van der Waals surface area contributed by atoms with Crippen LogP contribution in [0.3, 0.4) is 0 Å². The average Bonchev–Trinajstić information content (AvgIpc) is 3.01. The summed E-state index contributed by atoms with van der Waals surface area (Å²) < 4.78 is 36.0. The van der Waals surface area contributed by atoms with Gasteiger partial charge in [-0.3, -0.25) is 9.36 Å². The highest BCUT2D eigenvalue weighted by Crippen LogP contribution is 2.22. The first kappa shape index (κ1) is 22.5. The number of benzene rings is 2. The van der Waals surface area contributed by atoms with Gasteiger partial charge in [-0.05, 0) is 69.0 Å². The first-order valence-electron chi connectivity index (χ1n) is 10.2. The van der Waals surface area contributed by atoms with Gasteiger partial charge in [-0.2, -0.15) is 0 Å². The fraction of sp³-hybridized carbons (Fsp3) is 0.409. The zero-order valence-electron chi connectivity index (χ0n) is 17.6. The minimum absolute atomic E-state index is 0.0563. The molecule has 0 aliphatic carbocycles. The molecule has 30 heavy (non-hydrogen) atoms. The van der Waals surface area contributed by atoms with Crippen molar-refractivity contribution in [3.63, 3.8) is 0 Å². The molecule has 3 rings (SSSR count). The second-order valence-corrected chi connectivity index (χ2v) is 10.2.